The topological polar surface area (TPSA) is 68.0 Å². The van der Waals surface area contributed by atoms with Gasteiger partial charge in [0, 0.05) is 16.6 Å². The zero-order valence-electron chi connectivity index (χ0n) is 10.7. The van der Waals surface area contributed by atoms with Crippen LogP contribution in [0.1, 0.15) is 31.0 Å². The number of halogens is 1. The molecule has 1 atom stereocenters. The number of benzene rings is 1. The predicted octanol–water partition coefficient (Wildman–Crippen LogP) is 2.92. The van der Waals surface area contributed by atoms with Gasteiger partial charge in [-0.2, -0.15) is 0 Å². The molecule has 1 N–H and O–H groups in total. The second kappa shape index (κ2) is 5.84. The standard InChI is InChI=1S/C13H14ClN3O2/c1-3-8(2)15-11(18)13-17-16-12(19-13)9-5-4-6-10(14)7-9/h4-8H,3H2,1-2H3,(H,15,18). The van der Waals surface area contributed by atoms with Crippen LogP contribution in [0.2, 0.25) is 5.02 Å². The van der Waals surface area contributed by atoms with Crippen molar-refractivity contribution in [2.75, 3.05) is 0 Å². The Kier molecular flexibility index (Phi) is 4.16. The summed E-state index contributed by atoms with van der Waals surface area (Å²) in [6, 6.07) is 7.08. The van der Waals surface area contributed by atoms with Crippen LogP contribution in [0.15, 0.2) is 28.7 Å². The molecule has 0 saturated heterocycles. The van der Waals surface area contributed by atoms with Crippen LogP contribution >= 0.6 is 11.6 Å². The Morgan fingerprint density at radius 3 is 2.95 bits per heavy atom. The molecule has 0 spiro atoms. The van der Waals surface area contributed by atoms with Crippen molar-refractivity contribution in [3.63, 3.8) is 0 Å². The maximum absolute atomic E-state index is 11.8. The van der Waals surface area contributed by atoms with Crippen molar-refractivity contribution in [2.24, 2.45) is 0 Å². The fourth-order valence-corrected chi connectivity index (χ4v) is 1.63. The molecule has 0 bridgehead atoms. The van der Waals surface area contributed by atoms with Gasteiger partial charge in [-0.05, 0) is 31.5 Å². The lowest BCUT2D eigenvalue weighted by molar-refractivity contribution is 0.0905. The van der Waals surface area contributed by atoms with Gasteiger partial charge in [0.1, 0.15) is 0 Å². The fraction of sp³-hybridized carbons (Fsp3) is 0.308. The van der Waals surface area contributed by atoms with Crippen molar-refractivity contribution < 1.29 is 9.21 Å². The van der Waals surface area contributed by atoms with Gasteiger partial charge in [-0.1, -0.05) is 24.6 Å². The molecule has 2 rings (SSSR count). The van der Waals surface area contributed by atoms with Crippen molar-refractivity contribution in [1.82, 2.24) is 15.5 Å². The number of nitrogens with zero attached hydrogens (tertiary/aromatic N) is 2. The van der Waals surface area contributed by atoms with E-state index in [4.69, 9.17) is 16.0 Å². The second-order valence-electron chi connectivity index (χ2n) is 4.21. The molecule has 19 heavy (non-hydrogen) atoms. The average molecular weight is 280 g/mol. The van der Waals surface area contributed by atoms with Gasteiger partial charge in [-0.15, -0.1) is 10.2 Å². The zero-order valence-corrected chi connectivity index (χ0v) is 11.4. The smallest absolute Gasteiger partial charge is 0.309 e. The number of aromatic nitrogens is 2. The molecule has 100 valence electrons. The molecule has 1 heterocycles. The minimum atomic E-state index is -0.366. The summed E-state index contributed by atoms with van der Waals surface area (Å²) in [5, 5.41) is 10.9. The molecule has 1 amide bonds. The molecule has 0 radical (unpaired) electrons. The first-order chi connectivity index (χ1) is 9.10. The van der Waals surface area contributed by atoms with Gasteiger partial charge in [0.05, 0.1) is 0 Å². The van der Waals surface area contributed by atoms with Gasteiger partial charge >= 0.3 is 11.8 Å². The number of rotatable bonds is 4. The molecular weight excluding hydrogens is 266 g/mol. The van der Waals surface area contributed by atoms with Crippen molar-refractivity contribution in [3.8, 4) is 11.5 Å². The highest BCUT2D eigenvalue weighted by atomic mass is 35.5. The van der Waals surface area contributed by atoms with E-state index in [1.54, 1.807) is 24.3 Å². The van der Waals surface area contributed by atoms with E-state index in [0.717, 1.165) is 6.42 Å². The lowest BCUT2D eigenvalue weighted by Gasteiger charge is -2.08. The van der Waals surface area contributed by atoms with Crippen molar-refractivity contribution in [2.45, 2.75) is 26.3 Å². The van der Waals surface area contributed by atoms with Crippen LogP contribution in [-0.2, 0) is 0 Å². The van der Waals surface area contributed by atoms with Crippen molar-refractivity contribution in [1.29, 1.82) is 0 Å². The Bertz CT molecular complexity index is 583. The molecule has 5 nitrogen and oxygen atoms in total. The summed E-state index contributed by atoms with van der Waals surface area (Å²) in [5.41, 5.74) is 0.683. The lowest BCUT2D eigenvalue weighted by atomic mass is 10.2. The Labute approximate surface area is 116 Å². The molecule has 1 aromatic heterocycles. The summed E-state index contributed by atoms with van der Waals surface area (Å²) in [4.78, 5) is 11.8. The van der Waals surface area contributed by atoms with Crippen LogP contribution in [0.25, 0.3) is 11.5 Å². The van der Waals surface area contributed by atoms with Crippen LogP contribution < -0.4 is 5.32 Å². The molecule has 0 aliphatic carbocycles. The fourth-order valence-electron chi connectivity index (χ4n) is 1.44. The number of hydrogen-bond donors (Lipinski definition) is 1. The van der Waals surface area contributed by atoms with Crippen LogP contribution in [0.3, 0.4) is 0 Å². The largest absolute Gasteiger partial charge is 0.412 e. The third kappa shape index (κ3) is 3.32. The molecule has 0 fully saturated rings. The Morgan fingerprint density at radius 2 is 2.26 bits per heavy atom. The Hall–Kier alpha value is -1.88. The first-order valence-electron chi connectivity index (χ1n) is 6.00. The van der Waals surface area contributed by atoms with Crippen LogP contribution in [0, 0.1) is 0 Å². The molecule has 6 heteroatoms. The average Bonchev–Trinajstić information content (AvgIpc) is 2.88. The number of carbonyl (C=O) groups excluding carboxylic acids is 1. The molecule has 1 unspecified atom stereocenters. The highest BCUT2D eigenvalue weighted by Gasteiger charge is 2.17. The van der Waals surface area contributed by atoms with E-state index < -0.39 is 0 Å². The van der Waals surface area contributed by atoms with E-state index >= 15 is 0 Å². The lowest BCUT2D eigenvalue weighted by Crippen LogP contribution is -2.32. The second-order valence-corrected chi connectivity index (χ2v) is 4.64. The van der Waals surface area contributed by atoms with E-state index in [9.17, 15) is 4.79 Å². The Morgan fingerprint density at radius 1 is 1.47 bits per heavy atom. The Balaban J connectivity index is 2.17. The molecule has 0 aliphatic heterocycles. The van der Waals surface area contributed by atoms with Crippen molar-refractivity contribution in [3.05, 3.63) is 35.2 Å². The summed E-state index contributed by atoms with van der Waals surface area (Å²) in [7, 11) is 0. The van der Waals surface area contributed by atoms with E-state index in [1.165, 1.54) is 0 Å². The monoisotopic (exact) mass is 279 g/mol. The maximum Gasteiger partial charge on any atom is 0.309 e. The molecule has 1 aromatic carbocycles. The van der Waals surface area contributed by atoms with Crippen LogP contribution in [-0.4, -0.2) is 22.1 Å². The highest BCUT2D eigenvalue weighted by Crippen LogP contribution is 2.21. The normalized spacial score (nSPS) is 12.2. The number of amides is 1. The highest BCUT2D eigenvalue weighted by molar-refractivity contribution is 6.30. The summed E-state index contributed by atoms with van der Waals surface area (Å²) < 4.78 is 5.34. The van der Waals surface area contributed by atoms with E-state index in [0.29, 0.717) is 10.6 Å². The van der Waals surface area contributed by atoms with Gasteiger partial charge in [0.15, 0.2) is 0 Å². The van der Waals surface area contributed by atoms with Crippen LogP contribution in [0.4, 0.5) is 0 Å². The summed E-state index contributed by atoms with van der Waals surface area (Å²) in [5.74, 6) is -0.137. The maximum atomic E-state index is 11.8. The first-order valence-corrected chi connectivity index (χ1v) is 6.38. The van der Waals surface area contributed by atoms with Gasteiger partial charge in [-0.25, -0.2) is 0 Å². The van der Waals surface area contributed by atoms with Gasteiger partial charge in [-0.3, -0.25) is 4.79 Å². The van der Waals surface area contributed by atoms with Gasteiger partial charge in [0.2, 0.25) is 5.89 Å². The first kappa shape index (κ1) is 13.5. The van der Waals surface area contributed by atoms with Gasteiger partial charge < -0.3 is 9.73 Å². The van der Waals surface area contributed by atoms with Gasteiger partial charge in [0.25, 0.3) is 0 Å². The van der Waals surface area contributed by atoms with E-state index in [2.05, 4.69) is 15.5 Å². The van der Waals surface area contributed by atoms with Crippen LogP contribution in [0.5, 0.6) is 0 Å². The van der Waals surface area contributed by atoms with E-state index in [1.807, 2.05) is 13.8 Å². The predicted molar refractivity (Wildman–Crippen MR) is 72.0 cm³/mol. The molecule has 0 aliphatic rings. The quantitative estimate of drug-likeness (QED) is 0.934. The summed E-state index contributed by atoms with van der Waals surface area (Å²) in [6.07, 6.45) is 0.834. The molecular formula is C13H14ClN3O2. The third-order valence-electron chi connectivity index (χ3n) is 2.68. The minimum Gasteiger partial charge on any atom is -0.412 e. The van der Waals surface area contributed by atoms with E-state index in [-0.39, 0.29) is 23.7 Å². The third-order valence-corrected chi connectivity index (χ3v) is 2.92. The SMILES string of the molecule is CCC(C)NC(=O)c1nnc(-c2cccc(Cl)c2)o1. The number of hydrogen-bond acceptors (Lipinski definition) is 4. The minimum absolute atomic E-state index is 0.0460. The summed E-state index contributed by atoms with van der Waals surface area (Å²) in [6.45, 7) is 3.89. The van der Waals surface area contributed by atoms with Crippen molar-refractivity contribution >= 4 is 17.5 Å². The zero-order chi connectivity index (χ0) is 13.8. The summed E-state index contributed by atoms with van der Waals surface area (Å²) >= 11 is 5.88. The number of nitrogens with one attached hydrogen (secondary N) is 1. The molecule has 0 saturated carbocycles. The number of carbonyl (C=O) groups is 1. The molecule has 2 aromatic rings.